The molecule has 0 radical (unpaired) electrons. The third kappa shape index (κ3) is 2.63. The Morgan fingerprint density at radius 1 is 1.37 bits per heavy atom. The van der Waals surface area contributed by atoms with Gasteiger partial charge in [0.1, 0.15) is 5.82 Å². The highest BCUT2D eigenvalue weighted by atomic mass is 15.1. The van der Waals surface area contributed by atoms with Gasteiger partial charge in [0.2, 0.25) is 0 Å². The maximum atomic E-state index is 4.32. The number of hydrogen-bond acceptors (Lipinski definition) is 3. The summed E-state index contributed by atoms with van der Waals surface area (Å²) >= 11 is 0. The molecule has 4 nitrogen and oxygen atoms in total. The highest BCUT2D eigenvalue weighted by Gasteiger charge is 2.11. The fraction of sp³-hybridized carbons (Fsp3) is 0.400. The van der Waals surface area contributed by atoms with Crippen LogP contribution >= 0.6 is 0 Å². The molecule has 0 spiro atoms. The molecule has 0 saturated heterocycles. The van der Waals surface area contributed by atoms with E-state index >= 15 is 0 Å². The number of anilines is 1. The molecule has 1 aromatic heterocycles. The average Bonchev–Trinajstić information content (AvgIpc) is 2.85. The SMILES string of the molecule is Cn1ccnc1CNCc1cccc2c1NCCC2. The molecule has 0 unspecified atom stereocenters. The van der Waals surface area contributed by atoms with Gasteiger partial charge in [-0.2, -0.15) is 0 Å². The van der Waals surface area contributed by atoms with Gasteiger partial charge in [-0.05, 0) is 24.0 Å². The average molecular weight is 256 g/mol. The van der Waals surface area contributed by atoms with Gasteiger partial charge in [-0.1, -0.05) is 18.2 Å². The smallest absolute Gasteiger partial charge is 0.122 e. The summed E-state index contributed by atoms with van der Waals surface area (Å²) in [5.74, 6) is 1.07. The molecule has 0 aliphatic carbocycles. The summed E-state index contributed by atoms with van der Waals surface area (Å²) in [4.78, 5) is 4.32. The van der Waals surface area contributed by atoms with Crippen molar-refractivity contribution in [3.05, 3.63) is 47.5 Å². The van der Waals surface area contributed by atoms with Crippen LogP contribution < -0.4 is 10.6 Å². The molecule has 3 rings (SSSR count). The lowest BCUT2D eigenvalue weighted by Gasteiger charge is -2.21. The van der Waals surface area contributed by atoms with E-state index in [-0.39, 0.29) is 0 Å². The van der Waals surface area contributed by atoms with Gasteiger partial charge in [-0.25, -0.2) is 4.98 Å². The summed E-state index contributed by atoms with van der Waals surface area (Å²) in [6.45, 7) is 2.76. The lowest BCUT2D eigenvalue weighted by molar-refractivity contribution is 0.638. The minimum absolute atomic E-state index is 0.799. The number of hydrogen-bond donors (Lipinski definition) is 2. The summed E-state index contributed by atoms with van der Waals surface area (Å²) in [6.07, 6.45) is 6.23. The minimum Gasteiger partial charge on any atom is -0.385 e. The van der Waals surface area contributed by atoms with Gasteiger partial charge in [-0.3, -0.25) is 0 Å². The van der Waals surface area contributed by atoms with E-state index in [1.807, 2.05) is 24.0 Å². The fourth-order valence-electron chi connectivity index (χ4n) is 2.60. The largest absolute Gasteiger partial charge is 0.385 e. The van der Waals surface area contributed by atoms with Gasteiger partial charge in [0.25, 0.3) is 0 Å². The van der Waals surface area contributed by atoms with Crippen molar-refractivity contribution in [2.24, 2.45) is 7.05 Å². The number of imidazole rings is 1. The van der Waals surface area contributed by atoms with Crippen molar-refractivity contribution < 1.29 is 0 Å². The second-order valence-corrected chi connectivity index (χ2v) is 5.04. The Bertz CT molecular complexity index is 559. The topological polar surface area (TPSA) is 41.9 Å². The first-order valence-corrected chi connectivity index (χ1v) is 6.86. The molecular formula is C15H20N4. The van der Waals surface area contributed by atoms with E-state index in [1.165, 1.54) is 29.7 Å². The summed E-state index contributed by atoms with van der Waals surface area (Å²) in [6, 6.07) is 6.58. The summed E-state index contributed by atoms with van der Waals surface area (Å²) in [5.41, 5.74) is 4.13. The first kappa shape index (κ1) is 12.2. The Kier molecular flexibility index (Phi) is 3.51. The normalized spacial score (nSPS) is 13.9. The van der Waals surface area contributed by atoms with E-state index in [4.69, 9.17) is 0 Å². The van der Waals surface area contributed by atoms with Gasteiger partial charge >= 0.3 is 0 Å². The van der Waals surface area contributed by atoms with Crippen LogP contribution in [0.2, 0.25) is 0 Å². The van der Waals surface area contributed by atoms with Crippen molar-refractivity contribution >= 4 is 5.69 Å². The van der Waals surface area contributed by atoms with E-state index in [9.17, 15) is 0 Å². The highest BCUT2D eigenvalue weighted by molar-refractivity contribution is 5.59. The Balaban J connectivity index is 1.66. The van der Waals surface area contributed by atoms with E-state index in [0.29, 0.717) is 0 Å². The predicted molar refractivity (Wildman–Crippen MR) is 77.0 cm³/mol. The molecule has 0 saturated carbocycles. The molecule has 2 aromatic rings. The molecule has 19 heavy (non-hydrogen) atoms. The zero-order valence-corrected chi connectivity index (χ0v) is 11.3. The van der Waals surface area contributed by atoms with E-state index in [1.54, 1.807) is 0 Å². The number of rotatable bonds is 4. The third-order valence-corrected chi connectivity index (χ3v) is 3.68. The molecule has 0 amide bonds. The van der Waals surface area contributed by atoms with Crippen molar-refractivity contribution in [2.75, 3.05) is 11.9 Å². The lowest BCUT2D eigenvalue weighted by Crippen LogP contribution is -2.19. The van der Waals surface area contributed by atoms with E-state index in [0.717, 1.165) is 25.5 Å². The number of aryl methyl sites for hydroxylation is 2. The van der Waals surface area contributed by atoms with E-state index < -0.39 is 0 Å². The molecular weight excluding hydrogens is 236 g/mol. The zero-order chi connectivity index (χ0) is 13.1. The van der Waals surface area contributed by atoms with Crippen molar-refractivity contribution in [1.82, 2.24) is 14.9 Å². The molecule has 2 N–H and O–H groups in total. The Hall–Kier alpha value is -1.81. The molecule has 1 aliphatic heterocycles. The van der Waals surface area contributed by atoms with Gasteiger partial charge in [0, 0.05) is 38.2 Å². The standard InChI is InChI=1S/C15H20N4/c1-19-9-8-17-14(19)11-16-10-13-5-2-4-12-6-3-7-18-15(12)13/h2,4-5,8-9,16,18H,3,6-7,10-11H2,1H3. The molecule has 1 aromatic carbocycles. The third-order valence-electron chi connectivity index (χ3n) is 3.68. The quantitative estimate of drug-likeness (QED) is 0.880. The van der Waals surface area contributed by atoms with Crippen LogP contribution in [0.15, 0.2) is 30.6 Å². The second-order valence-electron chi connectivity index (χ2n) is 5.04. The molecule has 4 heteroatoms. The predicted octanol–water partition coefficient (Wildman–Crippen LogP) is 2.07. The van der Waals surface area contributed by atoms with Crippen LogP contribution in [0.25, 0.3) is 0 Å². The minimum atomic E-state index is 0.799. The first-order chi connectivity index (χ1) is 9.34. The molecule has 0 bridgehead atoms. The van der Waals surface area contributed by atoms with Crippen LogP contribution in [0.5, 0.6) is 0 Å². The highest BCUT2D eigenvalue weighted by Crippen LogP contribution is 2.25. The first-order valence-electron chi connectivity index (χ1n) is 6.86. The molecule has 1 aliphatic rings. The summed E-state index contributed by atoms with van der Waals surface area (Å²) in [5, 5.41) is 7.00. The lowest BCUT2D eigenvalue weighted by atomic mass is 9.99. The van der Waals surface area contributed by atoms with Gasteiger partial charge in [0.15, 0.2) is 0 Å². The molecule has 0 fully saturated rings. The number of aromatic nitrogens is 2. The Labute approximate surface area is 113 Å². The van der Waals surface area contributed by atoms with Crippen LogP contribution in [0.3, 0.4) is 0 Å². The zero-order valence-electron chi connectivity index (χ0n) is 11.3. The van der Waals surface area contributed by atoms with Gasteiger partial charge in [-0.15, -0.1) is 0 Å². The van der Waals surface area contributed by atoms with Crippen molar-refractivity contribution in [1.29, 1.82) is 0 Å². The van der Waals surface area contributed by atoms with Crippen LogP contribution in [-0.2, 0) is 26.6 Å². The second kappa shape index (κ2) is 5.45. The van der Waals surface area contributed by atoms with E-state index in [2.05, 4.69) is 33.8 Å². The Morgan fingerprint density at radius 3 is 3.16 bits per heavy atom. The van der Waals surface area contributed by atoms with Crippen LogP contribution in [0.4, 0.5) is 5.69 Å². The number of para-hydroxylation sites is 1. The number of nitrogens with zero attached hydrogens (tertiary/aromatic N) is 2. The maximum Gasteiger partial charge on any atom is 0.122 e. The molecule has 100 valence electrons. The fourth-order valence-corrected chi connectivity index (χ4v) is 2.60. The van der Waals surface area contributed by atoms with Gasteiger partial charge < -0.3 is 15.2 Å². The number of fused-ring (bicyclic) bond motifs is 1. The van der Waals surface area contributed by atoms with Crippen molar-refractivity contribution in [2.45, 2.75) is 25.9 Å². The van der Waals surface area contributed by atoms with Gasteiger partial charge in [0.05, 0.1) is 6.54 Å². The van der Waals surface area contributed by atoms with Crippen molar-refractivity contribution in [3.63, 3.8) is 0 Å². The van der Waals surface area contributed by atoms with Crippen LogP contribution in [0, 0.1) is 0 Å². The van der Waals surface area contributed by atoms with Crippen LogP contribution in [0.1, 0.15) is 23.4 Å². The van der Waals surface area contributed by atoms with Crippen LogP contribution in [-0.4, -0.2) is 16.1 Å². The molecule has 0 atom stereocenters. The Morgan fingerprint density at radius 2 is 2.32 bits per heavy atom. The number of nitrogens with one attached hydrogen (secondary N) is 2. The molecule has 2 heterocycles. The summed E-state index contributed by atoms with van der Waals surface area (Å²) < 4.78 is 2.05. The monoisotopic (exact) mass is 256 g/mol. The maximum absolute atomic E-state index is 4.32. The summed E-state index contributed by atoms with van der Waals surface area (Å²) in [7, 11) is 2.02. The number of benzene rings is 1. The van der Waals surface area contributed by atoms with Crippen molar-refractivity contribution in [3.8, 4) is 0 Å².